The van der Waals surface area contributed by atoms with Crippen molar-refractivity contribution in [3.8, 4) is 11.4 Å². The molecule has 146 valence electrons. The largest absolute Gasteiger partial charge is 0.481 e. The number of carbonyl (C=O) groups is 2. The van der Waals surface area contributed by atoms with E-state index in [-0.39, 0.29) is 25.3 Å². The van der Waals surface area contributed by atoms with Crippen molar-refractivity contribution in [1.29, 1.82) is 0 Å². The monoisotopic (exact) mass is 383 g/mol. The molecule has 1 atom stereocenters. The summed E-state index contributed by atoms with van der Waals surface area (Å²) in [5.74, 6) is -1.17. The van der Waals surface area contributed by atoms with Gasteiger partial charge < -0.3 is 19.4 Å². The molecule has 0 radical (unpaired) electrons. The Kier molecular flexibility index (Phi) is 6.21. The molecule has 1 amide bonds. The van der Waals surface area contributed by atoms with Crippen LogP contribution in [0.4, 0.5) is 0 Å². The first-order valence-electron chi connectivity index (χ1n) is 8.91. The zero-order chi connectivity index (χ0) is 19.9. The second-order valence-corrected chi connectivity index (χ2v) is 6.56. The van der Waals surface area contributed by atoms with Gasteiger partial charge in [0.1, 0.15) is 6.26 Å². The molecule has 8 heteroatoms. The van der Waals surface area contributed by atoms with E-state index in [1.54, 1.807) is 6.07 Å². The maximum absolute atomic E-state index is 12.1. The van der Waals surface area contributed by atoms with Gasteiger partial charge in [0.15, 0.2) is 0 Å². The quantitative estimate of drug-likeness (QED) is 0.583. The number of nitrogens with one attached hydrogen (secondary N) is 1. The molecule has 8 nitrogen and oxygen atoms in total. The predicted molar refractivity (Wildman–Crippen MR) is 99.3 cm³/mol. The topological polar surface area (TPSA) is 118 Å². The average molecular weight is 383 g/mol. The maximum atomic E-state index is 12.1. The summed E-state index contributed by atoms with van der Waals surface area (Å²) in [4.78, 5) is 27.8. The van der Waals surface area contributed by atoms with Crippen LogP contribution in [0.5, 0.6) is 0 Å². The first kappa shape index (κ1) is 19.3. The van der Waals surface area contributed by atoms with Gasteiger partial charge in [-0.05, 0) is 25.0 Å². The van der Waals surface area contributed by atoms with Gasteiger partial charge in [-0.3, -0.25) is 9.59 Å². The van der Waals surface area contributed by atoms with E-state index in [0.717, 1.165) is 11.1 Å². The van der Waals surface area contributed by atoms with Crippen LogP contribution in [0.3, 0.4) is 0 Å². The van der Waals surface area contributed by atoms with Gasteiger partial charge in [0.05, 0.1) is 17.7 Å². The number of rotatable bonds is 9. The van der Waals surface area contributed by atoms with Crippen LogP contribution in [0.25, 0.3) is 11.4 Å². The molecule has 0 saturated carbocycles. The number of amides is 1. The summed E-state index contributed by atoms with van der Waals surface area (Å²) in [6, 6.07) is 9.39. The van der Waals surface area contributed by atoms with Crippen LogP contribution in [0.2, 0.25) is 0 Å². The number of carboxylic acid groups (broad SMARTS) is 1. The van der Waals surface area contributed by atoms with Gasteiger partial charge in [-0.25, -0.2) is 0 Å². The Bertz CT molecular complexity index is 933. The van der Waals surface area contributed by atoms with Crippen LogP contribution in [-0.2, 0) is 22.4 Å². The lowest BCUT2D eigenvalue weighted by atomic mass is 9.98. The van der Waals surface area contributed by atoms with E-state index in [2.05, 4.69) is 15.5 Å². The van der Waals surface area contributed by atoms with Crippen LogP contribution < -0.4 is 5.32 Å². The van der Waals surface area contributed by atoms with Crippen molar-refractivity contribution in [1.82, 2.24) is 15.5 Å². The Morgan fingerprint density at radius 1 is 1.29 bits per heavy atom. The summed E-state index contributed by atoms with van der Waals surface area (Å²) < 4.78 is 10.1. The zero-order valence-corrected chi connectivity index (χ0v) is 15.4. The molecule has 0 bridgehead atoms. The number of nitrogens with zero attached hydrogens (tertiary/aromatic N) is 2. The van der Waals surface area contributed by atoms with Crippen LogP contribution in [0, 0.1) is 12.8 Å². The van der Waals surface area contributed by atoms with Crippen molar-refractivity contribution < 1.29 is 23.6 Å². The lowest BCUT2D eigenvalue weighted by molar-refractivity contribution is -0.141. The summed E-state index contributed by atoms with van der Waals surface area (Å²) >= 11 is 0. The Hall–Kier alpha value is -3.42. The standard InChI is InChI=1S/C20H21N3O5/c1-13-3-2-4-14(9-13)10-16(20(25)26)11-21-17(24)5-6-18-22-19(23-28-18)15-7-8-27-12-15/h2-4,7-9,12,16H,5-6,10-11H2,1H3,(H,21,24)(H,25,26). The molecule has 1 unspecified atom stereocenters. The molecule has 2 N–H and O–H groups in total. The molecule has 0 saturated heterocycles. The van der Waals surface area contributed by atoms with Crippen molar-refractivity contribution in [2.75, 3.05) is 6.54 Å². The van der Waals surface area contributed by atoms with Gasteiger partial charge in [-0.2, -0.15) is 4.98 Å². The van der Waals surface area contributed by atoms with Crippen LogP contribution in [0.1, 0.15) is 23.4 Å². The Balaban J connectivity index is 1.47. The summed E-state index contributed by atoms with van der Waals surface area (Å²) in [5, 5.41) is 15.9. The third-order valence-corrected chi connectivity index (χ3v) is 4.27. The van der Waals surface area contributed by atoms with E-state index in [1.807, 2.05) is 31.2 Å². The molecule has 3 aromatic rings. The highest BCUT2D eigenvalue weighted by Gasteiger charge is 2.19. The second kappa shape index (κ2) is 8.98. The Morgan fingerprint density at radius 2 is 2.14 bits per heavy atom. The first-order chi connectivity index (χ1) is 13.5. The number of carboxylic acids is 1. The smallest absolute Gasteiger partial charge is 0.308 e. The summed E-state index contributed by atoms with van der Waals surface area (Å²) in [7, 11) is 0. The average Bonchev–Trinajstić information content (AvgIpc) is 3.34. The number of aliphatic carboxylic acids is 1. The number of hydrogen-bond acceptors (Lipinski definition) is 6. The highest BCUT2D eigenvalue weighted by molar-refractivity contribution is 5.77. The summed E-state index contributed by atoms with van der Waals surface area (Å²) in [5.41, 5.74) is 2.69. The molecular formula is C20H21N3O5. The predicted octanol–water partition coefficient (Wildman–Crippen LogP) is 2.63. The summed E-state index contributed by atoms with van der Waals surface area (Å²) in [6.45, 7) is 2.02. The van der Waals surface area contributed by atoms with Crippen molar-refractivity contribution in [2.24, 2.45) is 5.92 Å². The Morgan fingerprint density at radius 3 is 2.86 bits per heavy atom. The van der Waals surface area contributed by atoms with E-state index in [0.29, 0.717) is 23.7 Å². The number of hydrogen-bond donors (Lipinski definition) is 2. The molecular weight excluding hydrogens is 362 g/mol. The van der Waals surface area contributed by atoms with E-state index >= 15 is 0 Å². The van der Waals surface area contributed by atoms with Crippen LogP contribution in [-0.4, -0.2) is 33.7 Å². The van der Waals surface area contributed by atoms with Crippen molar-refractivity contribution >= 4 is 11.9 Å². The zero-order valence-electron chi connectivity index (χ0n) is 15.4. The number of benzene rings is 1. The molecule has 0 fully saturated rings. The molecule has 0 spiro atoms. The molecule has 0 aliphatic carbocycles. The molecule has 0 aliphatic heterocycles. The van der Waals surface area contributed by atoms with Gasteiger partial charge in [-0.15, -0.1) is 0 Å². The number of carbonyl (C=O) groups excluding carboxylic acids is 1. The highest BCUT2D eigenvalue weighted by Crippen LogP contribution is 2.16. The summed E-state index contributed by atoms with van der Waals surface area (Å²) in [6.07, 6.45) is 3.77. The highest BCUT2D eigenvalue weighted by atomic mass is 16.5. The molecule has 0 aliphatic rings. The van der Waals surface area contributed by atoms with E-state index < -0.39 is 11.9 Å². The first-order valence-corrected chi connectivity index (χ1v) is 8.91. The minimum Gasteiger partial charge on any atom is -0.481 e. The van der Waals surface area contributed by atoms with E-state index in [1.165, 1.54) is 12.5 Å². The van der Waals surface area contributed by atoms with Crippen LogP contribution >= 0.6 is 0 Å². The van der Waals surface area contributed by atoms with Crippen molar-refractivity contribution in [3.63, 3.8) is 0 Å². The van der Waals surface area contributed by atoms with Crippen LogP contribution in [0.15, 0.2) is 51.8 Å². The minimum atomic E-state index is -0.941. The lowest BCUT2D eigenvalue weighted by Gasteiger charge is -2.13. The fourth-order valence-corrected chi connectivity index (χ4v) is 2.78. The second-order valence-electron chi connectivity index (χ2n) is 6.56. The maximum Gasteiger partial charge on any atom is 0.308 e. The lowest BCUT2D eigenvalue weighted by Crippen LogP contribution is -2.34. The third kappa shape index (κ3) is 5.29. The fourth-order valence-electron chi connectivity index (χ4n) is 2.78. The number of aromatic nitrogens is 2. The van der Waals surface area contributed by atoms with Gasteiger partial charge in [0.2, 0.25) is 17.6 Å². The van der Waals surface area contributed by atoms with Crippen molar-refractivity contribution in [3.05, 3.63) is 59.9 Å². The van der Waals surface area contributed by atoms with Crippen molar-refractivity contribution in [2.45, 2.75) is 26.2 Å². The van der Waals surface area contributed by atoms with Gasteiger partial charge in [0, 0.05) is 19.4 Å². The molecule has 3 rings (SSSR count). The third-order valence-electron chi connectivity index (χ3n) is 4.27. The Labute approximate surface area is 161 Å². The molecule has 1 aromatic carbocycles. The molecule has 28 heavy (non-hydrogen) atoms. The van der Waals surface area contributed by atoms with Gasteiger partial charge >= 0.3 is 5.97 Å². The molecule has 2 aromatic heterocycles. The fraction of sp³-hybridized carbons (Fsp3) is 0.300. The SMILES string of the molecule is Cc1cccc(CC(CNC(=O)CCc2nc(-c3ccoc3)no2)C(=O)O)c1. The number of furan rings is 1. The normalized spacial score (nSPS) is 11.9. The van der Waals surface area contributed by atoms with E-state index in [9.17, 15) is 14.7 Å². The van der Waals surface area contributed by atoms with Gasteiger partial charge in [-0.1, -0.05) is 35.0 Å². The van der Waals surface area contributed by atoms with E-state index in [4.69, 9.17) is 8.94 Å². The minimum absolute atomic E-state index is 0.0617. The van der Waals surface area contributed by atoms with Gasteiger partial charge in [0.25, 0.3) is 0 Å². The molecule has 2 heterocycles. The number of aryl methyl sites for hydroxylation is 2.